The van der Waals surface area contributed by atoms with Crippen molar-refractivity contribution in [3.63, 3.8) is 0 Å². The lowest BCUT2D eigenvalue weighted by atomic mass is 10.2. The highest BCUT2D eigenvalue weighted by Gasteiger charge is 2.26. The highest BCUT2D eigenvalue weighted by molar-refractivity contribution is 9.10. The second-order valence-corrected chi connectivity index (χ2v) is 6.23. The SMILES string of the molecule is OCCNc1nc(NCc2ccccc2Br)cc(C2CC2)n1. The molecule has 116 valence electrons. The maximum Gasteiger partial charge on any atom is 0.224 e. The molecule has 3 rings (SSSR count). The molecule has 0 atom stereocenters. The number of anilines is 2. The van der Waals surface area contributed by atoms with Gasteiger partial charge in [0.2, 0.25) is 5.95 Å². The highest BCUT2D eigenvalue weighted by Crippen LogP contribution is 2.39. The lowest BCUT2D eigenvalue weighted by molar-refractivity contribution is 0.311. The van der Waals surface area contributed by atoms with E-state index in [4.69, 9.17) is 5.11 Å². The smallest absolute Gasteiger partial charge is 0.224 e. The van der Waals surface area contributed by atoms with Crippen molar-refractivity contribution in [3.8, 4) is 0 Å². The summed E-state index contributed by atoms with van der Waals surface area (Å²) in [4.78, 5) is 8.99. The molecule has 0 aliphatic heterocycles. The lowest BCUT2D eigenvalue weighted by Gasteiger charge is -2.11. The number of halogens is 1. The summed E-state index contributed by atoms with van der Waals surface area (Å²) >= 11 is 3.55. The minimum Gasteiger partial charge on any atom is -0.395 e. The number of benzene rings is 1. The van der Waals surface area contributed by atoms with Gasteiger partial charge in [-0.3, -0.25) is 0 Å². The van der Waals surface area contributed by atoms with Gasteiger partial charge in [0.25, 0.3) is 0 Å². The van der Waals surface area contributed by atoms with Crippen molar-refractivity contribution in [2.24, 2.45) is 0 Å². The predicted molar refractivity (Wildman–Crippen MR) is 91.1 cm³/mol. The van der Waals surface area contributed by atoms with Crippen molar-refractivity contribution in [3.05, 3.63) is 46.1 Å². The van der Waals surface area contributed by atoms with Crippen LogP contribution in [-0.4, -0.2) is 28.2 Å². The zero-order valence-corrected chi connectivity index (χ0v) is 13.8. The molecule has 1 aliphatic rings. The summed E-state index contributed by atoms with van der Waals surface area (Å²) in [7, 11) is 0. The Morgan fingerprint density at radius 1 is 1.18 bits per heavy atom. The van der Waals surface area contributed by atoms with Crippen LogP contribution in [0.4, 0.5) is 11.8 Å². The topological polar surface area (TPSA) is 70.1 Å². The third kappa shape index (κ3) is 3.96. The molecular formula is C16H19BrN4O. The van der Waals surface area contributed by atoms with Gasteiger partial charge in [0, 0.05) is 29.5 Å². The van der Waals surface area contributed by atoms with Crippen molar-refractivity contribution >= 4 is 27.7 Å². The molecule has 1 saturated carbocycles. The minimum absolute atomic E-state index is 0.0662. The Balaban J connectivity index is 1.74. The van der Waals surface area contributed by atoms with E-state index in [1.165, 1.54) is 18.4 Å². The number of aliphatic hydroxyl groups is 1. The monoisotopic (exact) mass is 362 g/mol. The number of nitrogens with zero attached hydrogens (tertiary/aromatic N) is 2. The van der Waals surface area contributed by atoms with E-state index >= 15 is 0 Å². The van der Waals surface area contributed by atoms with E-state index in [2.05, 4.69) is 42.6 Å². The van der Waals surface area contributed by atoms with Crippen molar-refractivity contribution < 1.29 is 5.11 Å². The van der Waals surface area contributed by atoms with E-state index < -0.39 is 0 Å². The first-order valence-corrected chi connectivity index (χ1v) is 8.26. The number of hydrogen-bond acceptors (Lipinski definition) is 5. The fourth-order valence-corrected chi connectivity index (χ4v) is 2.64. The maximum atomic E-state index is 8.93. The molecule has 1 aromatic carbocycles. The molecule has 0 bridgehead atoms. The van der Waals surface area contributed by atoms with Gasteiger partial charge in [0.05, 0.1) is 12.3 Å². The summed E-state index contributed by atoms with van der Waals surface area (Å²) in [6.45, 7) is 1.22. The molecule has 0 amide bonds. The fourth-order valence-electron chi connectivity index (χ4n) is 2.22. The highest BCUT2D eigenvalue weighted by atomic mass is 79.9. The van der Waals surface area contributed by atoms with Crippen LogP contribution in [-0.2, 0) is 6.54 Å². The quantitative estimate of drug-likeness (QED) is 0.705. The van der Waals surface area contributed by atoms with Crippen LogP contribution >= 0.6 is 15.9 Å². The lowest BCUT2D eigenvalue weighted by Crippen LogP contribution is -2.11. The Bertz CT molecular complexity index is 646. The zero-order valence-electron chi connectivity index (χ0n) is 12.2. The van der Waals surface area contributed by atoms with Crippen LogP contribution < -0.4 is 10.6 Å². The number of nitrogens with one attached hydrogen (secondary N) is 2. The average molecular weight is 363 g/mol. The molecule has 5 nitrogen and oxygen atoms in total. The number of hydrogen-bond donors (Lipinski definition) is 3. The molecule has 1 aliphatic carbocycles. The van der Waals surface area contributed by atoms with E-state index in [-0.39, 0.29) is 6.61 Å². The Labute approximate surface area is 138 Å². The number of aliphatic hydroxyl groups excluding tert-OH is 1. The largest absolute Gasteiger partial charge is 0.395 e. The molecule has 0 radical (unpaired) electrons. The normalized spacial score (nSPS) is 13.9. The van der Waals surface area contributed by atoms with Crippen molar-refractivity contribution in [1.29, 1.82) is 0 Å². The molecule has 1 heterocycles. The molecule has 6 heteroatoms. The van der Waals surface area contributed by atoms with Gasteiger partial charge in [0.15, 0.2) is 0 Å². The molecule has 2 aromatic rings. The Kier molecular flexibility index (Phi) is 4.90. The molecule has 1 aromatic heterocycles. The molecule has 0 unspecified atom stereocenters. The first kappa shape index (κ1) is 15.2. The Morgan fingerprint density at radius 2 is 2.00 bits per heavy atom. The van der Waals surface area contributed by atoms with Crippen molar-refractivity contribution in [2.75, 3.05) is 23.8 Å². The summed E-state index contributed by atoms with van der Waals surface area (Å²) < 4.78 is 1.08. The molecule has 3 N–H and O–H groups in total. The molecule has 0 spiro atoms. The Hall–Kier alpha value is -1.66. The van der Waals surface area contributed by atoms with Gasteiger partial charge in [0.1, 0.15) is 5.82 Å². The summed E-state index contributed by atoms with van der Waals surface area (Å²) in [5, 5.41) is 15.3. The van der Waals surface area contributed by atoms with Crippen LogP contribution in [0.15, 0.2) is 34.8 Å². The minimum atomic E-state index is 0.0662. The fraction of sp³-hybridized carbons (Fsp3) is 0.375. The second-order valence-electron chi connectivity index (χ2n) is 5.37. The molecule has 22 heavy (non-hydrogen) atoms. The van der Waals surface area contributed by atoms with Gasteiger partial charge in [-0.1, -0.05) is 34.1 Å². The maximum absolute atomic E-state index is 8.93. The van der Waals surface area contributed by atoms with Gasteiger partial charge in [-0.05, 0) is 24.5 Å². The number of aromatic nitrogens is 2. The number of rotatable bonds is 7. The molecule has 0 saturated heterocycles. The van der Waals surface area contributed by atoms with Crippen LogP contribution in [0.1, 0.15) is 30.0 Å². The zero-order chi connectivity index (χ0) is 15.4. The summed E-state index contributed by atoms with van der Waals surface area (Å²) in [5.41, 5.74) is 2.25. The van der Waals surface area contributed by atoms with E-state index in [9.17, 15) is 0 Å². The van der Waals surface area contributed by atoms with Crippen LogP contribution in [0.5, 0.6) is 0 Å². The molecular weight excluding hydrogens is 344 g/mol. The van der Waals surface area contributed by atoms with Gasteiger partial charge in [-0.15, -0.1) is 0 Å². The van der Waals surface area contributed by atoms with E-state index in [1.54, 1.807) is 0 Å². The van der Waals surface area contributed by atoms with Gasteiger partial charge in [-0.2, -0.15) is 4.98 Å². The van der Waals surface area contributed by atoms with Crippen LogP contribution in [0.3, 0.4) is 0 Å². The van der Waals surface area contributed by atoms with Crippen molar-refractivity contribution in [1.82, 2.24) is 9.97 Å². The van der Waals surface area contributed by atoms with Crippen LogP contribution in [0.25, 0.3) is 0 Å². The second kappa shape index (κ2) is 7.07. The standard InChI is InChI=1S/C16H19BrN4O/c17-13-4-2-1-3-12(13)10-19-15-9-14(11-5-6-11)20-16(21-15)18-7-8-22/h1-4,9,11,22H,5-8,10H2,(H2,18,19,20,21). The Morgan fingerprint density at radius 3 is 2.73 bits per heavy atom. The predicted octanol–water partition coefficient (Wildman–Crippen LogP) is 3.13. The molecule has 1 fully saturated rings. The van der Waals surface area contributed by atoms with E-state index in [1.807, 2.05) is 24.3 Å². The van der Waals surface area contributed by atoms with E-state index in [0.29, 0.717) is 25.0 Å². The van der Waals surface area contributed by atoms with Gasteiger partial charge < -0.3 is 15.7 Å². The first-order chi connectivity index (χ1) is 10.8. The summed E-state index contributed by atoms with van der Waals surface area (Å²) in [6.07, 6.45) is 2.39. The van der Waals surface area contributed by atoms with E-state index in [0.717, 1.165) is 16.0 Å². The summed E-state index contributed by atoms with van der Waals surface area (Å²) in [6, 6.07) is 10.1. The van der Waals surface area contributed by atoms with Gasteiger partial charge >= 0.3 is 0 Å². The van der Waals surface area contributed by atoms with Gasteiger partial charge in [-0.25, -0.2) is 4.98 Å². The third-order valence-corrected chi connectivity index (χ3v) is 4.33. The van der Waals surface area contributed by atoms with Crippen molar-refractivity contribution in [2.45, 2.75) is 25.3 Å². The average Bonchev–Trinajstić information content (AvgIpc) is 3.37. The third-order valence-electron chi connectivity index (χ3n) is 3.55. The summed E-state index contributed by atoms with van der Waals surface area (Å²) in [5.74, 6) is 1.95. The van der Waals surface area contributed by atoms with Crippen LogP contribution in [0.2, 0.25) is 0 Å². The van der Waals surface area contributed by atoms with Crippen LogP contribution in [0, 0.1) is 0 Å². The first-order valence-electron chi connectivity index (χ1n) is 7.47.